The van der Waals surface area contributed by atoms with Crippen LogP contribution in [0, 0.1) is 5.92 Å². The van der Waals surface area contributed by atoms with Gasteiger partial charge < -0.3 is 5.11 Å². The highest BCUT2D eigenvalue weighted by Crippen LogP contribution is 2.17. The Morgan fingerprint density at radius 2 is 2.00 bits per heavy atom. The summed E-state index contributed by atoms with van der Waals surface area (Å²) in [6, 6.07) is 7.78. The van der Waals surface area contributed by atoms with Crippen LogP contribution in [0.3, 0.4) is 0 Å². The van der Waals surface area contributed by atoms with Gasteiger partial charge in [-0.15, -0.1) is 11.3 Å². The van der Waals surface area contributed by atoms with Crippen molar-refractivity contribution in [1.82, 2.24) is 4.98 Å². The van der Waals surface area contributed by atoms with Crippen LogP contribution in [0.1, 0.15) is 10.6 Å². The van der Waals surface area contributed by atoms with Crippen LogP contribution in [0.4, 0.5) is 0 Å². The van der Waals surface area contributed by atoms with E-state index in [-0.39, 0.29) is 12.5 Å². The maximum Gasteiger partial charge on any atom is 0.0928 e. The van der Waals surface area contributed by atoms with Gasteiger partial charge in [-0.05, 0) is 30.0 Å². The molecule has 1 N–H and O–H groups in total. The zero-order valence-electron chi connectivity index (χ0n) is 9.34. The second-order valence-electron chi connectivity index (χ2n) is 4.01. The monoisotopic (exact) mass is 267 g/mol. The fourth-order valence-corrected chi connectivity index (χ4v) is 2.61. The molecule has 1 heterocycles. The van der Waals surface area contributed by atoms with Crippen molar-refractivity contribution in [2.24, 2.45) is 5.92 Å². The van der Waals surface area contributed by atoms with Crippen LogP contribution in [-0.2, 0) is 12.8 Å². The molecular formula is C13H14ClNOS. The minimum absolute atomic E-state index is 0.183. The Bertz CT molecular complexity index is 441. The fourth-order valence-electron chi connectivity index (χ4n) is 1.76. The van der Waals surface area contributed by atoms with E-state index in [1.165, 1.54) is 5.56 Å². The van der Waals surface area contributed by atoms with E-state index in [0.29, 0.717) is 0 Å². The van der Waals surface area contributed by atoms with E-state index < -0.39 is 0 Å². The predicted molar refractivity (Wildman–Crippen MR) is 71.5 cm³/mol. The molecule has 1 unspecified atom stereocenters. The van der Waals surface area contributed by atoms with E-state index in [4.69, 9.17) is 11.6 Å². The number of thiazole rings is 1. The lowest BCUT2D eigenvalue weighted by atomic mass is 9.97. The highest BCUT2D eigenvalue weighted by molar-refractivity contribution is 7.09. The summed E-state index contributed by atoms with van der Waals surface area (Å²) in [6.07, 6.45) is 3.49. The Morgan fingerprint density at radius 1 is 1.24 bits per heavy atom. The predicted octanol–water partition coefficient (Wildman–Crippen LogP) is 3.19. The van der Waals surface area contributed by atoms with Crippen molar-refractivity contribution in [1.29, 1.82) is 0 Å². The highest BCUT2D eigenvalue weighted by atomic mass is 35.5. The van der Waals surface area contributed by atoms with Crippen LogP contribution in [0.15, 0.2) is 35.8 Å². The molecule has 0 aliphatic rings. The molecule has 17 heavy (non-hydrogen) atoms. The molecule has 0 amide bonds. The summed E-state index contributed by atoms with van der Waals surface area (Å²) in [5.74, 6) is 0.224. The molecule has 2 rings (SSSR count). The van der Waals surface area contributed by atoms with Crippen molar-refractivity contribution in [3.8, 4) is 0 Å². The molecule has 0 aliphatic heterocycles. The summed E-state index contributed by atoms with van der Waals surface area (Å²) < 4.78 is 0. The normalized spacial score (nSPS) is 12.6. The zero-order valence-corrected chi connectivity index (χ0v) is 10.9. The number of halogens is 1. The molecule has 2 aromatic rings. The summed E-state index contributed by atoms with van der Waals surface area (Å²) in [5.41, 5.74) is 1.20. The van der Waals surface area contributed by atoms with E-state index in [1.54, 1.807) is 17.5 Å². The zero-order chi connectivity index (χ0) is 12.1. The summed E-state index contributed by atoms with van der Waals surface area (Å²) in [6.45, 7) is 0.183. The van der Waals surface area contributed by atoms with Gasteiger partial charge in [0.25, 0.3) is 0 Å². The van der Waals surface area contributed by atoms with Crippen molar-refractivity contribution in [3.63, 3.8) is 0 Å². The third-order valence-electron chi connectivity index (χ3n) is 2.64. The second kappa shape index (κ2) is 6.15. The van der Waals surface area contributed by atoms with Gasteiger partial charge in [0.05, 0.1) is 5.01 Å². The van der Waals surface area contributed by atoms with Gasteiger partial charge in [-0.1, -0.05) is 23.7 Å². The lowest BCUT2D eigenvalue weighted by Crippen LogP contribution is -2.12. The Morgan fingerprint density at radius 3 is 2.59 bits per heavy atom. The topological polar surface area (TPSA) is 33.1 Å². The van der Waals surface area contributed by atoms with E-state index in [1.807, 2.05) is 29.6 Å². The molecule has 0 fully saturated rings. The average molecular weight is 268 g/mol. The van der Waals surface area contributed by atoms with E-state index >= 15 is 0 Å². The van der Waals surface area contributed by atoms with Crippen LogP contribution < -0.4 is 0 Å². The van der Waals surface area contributed by atoms with Crippen molar-refractivity contribution in [2.75, 3.05) is 6.61 Å². The van der Waals surface area contributed by atoms with Gasteiger partial charge in [0.15, 0.2) is 0 Å². The number of hydrogen-bond acceptors (Lipinski definition) is 3. The van der Waals surface area contributed by atoms with Crippen molar-refractivity contribution in [3.05, 3.63) is 51.4 Å². The van der Waals surface area contributed by atoms with Gasteiger partial charge in [0.2, 0.25) is 0 Å². The van der Waals surface area contributed by atoms with Crippen LogP contribution in [0.25, 0.3) is 0 Å². The van der Waals surface area contributed by atoms with Crippen molar-refractivity contribution < 1.29 is 5.11 Å². The first kappa shape index (κ1) is 12.6. The first-order valence-electron chi connectivity index (χ1n) is 5.51. The maximum absolute atomic E-state index is 9.39. The second-order valence-corrected chi connectivity index (χ2v) is 5.42. The molecule has 2 nitrogen and oxygen atoms in total. The lowest BCUT2D eigenvalue weighted by Gasteiger charge is -2.12. The number of benzene rings is 1. The van der Waals surface area contributed by atoms with Crippen LogP contribution in [-0.4, -0.2) is 16.7 Å². The Hall–Kier alpha value is -0.900. The molecule has 1 aromatic heterocycles. The molecule has 90 valence electrons. The van der Waals surface area contributed by atoms with Gasteiger partial charge in [-0.25, -0.2) is 4.98 Å². The van der Waals surface area contributed by atoms with Gasteiger partial charge in [-0.3, -0.25) is 0 Å². The van der Waals surface area contributed by atoms with Crippen LogP contribution in [0.5, 0.6) is 0 Å². The van der Waals surface area contributed by atoms with Gasteiger partial charge >= 0.3 is 0 Å². The van der Waals surface area contributed by atoms with Crippen LogP contribution >= 0.6 is 22.9 Å². The van der Waals surface area contributed by atoms with Gasteiger partial charge in [-0.2, -0.15) is 0 Å². The first-order chi connectivity index (χ1) is 8.28. The minimum atomic E-state index is 0.183. The number of aromatic nitrogens is 1. The number of nitrogens with zero attached hydrogens (tertiary/aromatic N) is 1. The minimum Gasteiger partial charge on any atom is -0.396 e. The quantitative estimate of drug-likeness (QED) is 0.903. The standard InChI is InChI=1S/C13H14ClNOS/c14-12-3-1-10(2-4-12)7-11(9-16)8-13-15-5-6-17-13/h1-6,11,16H,7-9H2. The molecule has 0 radical (unpaired) electrons. The summed E-state index contributed by atoms with van der Waals surface area (Å²) in [4.78, 5) is 4.25. The Balaban J connectivity index is 1.97. The van der Waals surface area contributed by atoms with E-state index in [9.17, 15) is 5.11 Å². The first-order valence-corrected chi connectivity index (χ1v) is 6.77. The number of rotatable bonds is 5. The molecular weight excluding hydrogens is 254 g/mol. The molecule has 0 saturated heterocycles. The van der Waals surface area contributed by atoms with Gasteiger partial charge in [0.1, 0.15) is 0 Å². The van der Waals surface area contributed by atoms with E-state index in [2.05, 4.69) is 4.98 Å². The van der Waals surface area contributed by atoms with E-state index in [0.717, 1.165) is 22.9 Å². The average Bonchev–Trinajstić information content (AvgIpc) is 2.84. The molecule has 0 spiro atoms. The Labute approximate surface area is 110 Å². The Kier molecular flexibility index (Phi) is 4.54. The number of hydrogen-bond donors (Lipinski definition) is 1. The highest BCUT2D eigenvalue weighted by Gasteiger charge is 2.11. The third-order valence-corrected chi connectivity index (χ3v) is 3.70. The van der Waals surface area contributed by atoms with Crippen LogP contribution in [0.2, 0.25) is 5.02 Å². The summed E-state index contributed by atoms with van der Waals surface area (Å²) >= 11 is 7.48. The molecule has 1 aromatic carbocycles. The largest absolute Gasteiger partial charge is 0.396 e. The maximum atomic E-state index is 9.39. The van der Waals surface area contributed by atoms with Gasteiger partial charge in [0, 0.05) is 29.6 Å². The smallest absolute Gasteiger partial charge is 0.0928 e. The lowest BCUT2D eigenvalue weighted by molar-refractivity contribution is 0.225. The fraction of sp³-hybridized carbons (Fsp3) is 0.308. The molecule has 0 bridgehead atoms. The molecule has 0 saturated carbocycles. The third kappa shape index (κ3) is 3.80. The molecule has 1 atom stereocenters. The summed E-state index contributed by atoms with van der Waals surface area (Å²) in [5, 5.41) is 13.2. The van der Waals surface area contributed by atoms with Crippen molar-refractivity contribution >= 4 is 22.9 Å². The number of aliphatic hydroxyl groups is 1. The van der Waals surface area contributed by atoms with Crippen molar-refractivity contribution in [2.45, 2.75) is 12.8 Å². The number of aliphatic hydroxyl groups excluding tert-OH is 1. The SMILES string of the molecule is OCC(Cc1ccc(Cl)cc1)Cc1nccs1. The molecule has 0 aliphatic carbocycles. The summed E-state index contributed by atoms with van der Waals surface area (Å²) in [7, 11) is 0. The molecule has 4 heteroatoms.